The van der Waals surface area contributed by atoms with Crippen LogP contribution in [0.5, 0.6) is 5.75 Å². The van der Waals surface area contributed by atoms with Crippen molar-refractivity contribution in [2.75, 3.05) is 13.7 Å². The zero-order chi connectivity index (χ0) is 13.0. The Hall–Kier alpha value is -1.58. The lowest BCUT2D eigenvalue weighted by atomic mass is 10.0. The van der Waals surface area contributed by atoms with Crippen molar-refractivity contribution in [1.82, 2.24) is 5.32 Å². The molecule has 1 atom stereocenters. The average molecular weight is 245 g/mol. The third-order valence-electron chi connectivity index (χ3n) is 3.12. The number of aliphatic hydroxyl groups excluding tert-OH is 1. The molecule has 0 unspecified atom stereocenters. The first-order valence-electron chi connectivity index (χ1n) is 6.15. The fraction of sp³-hybridized carbons (Fsp3) is 0.333. The largest absolute Gasteiger partial charge is 0.496 e. The Morgan fingerprint density at radius 3 is 2.72 bits per heavy atom. The Balaban J connectivity index is 2.38. The van der Waals surface area contributed by atoms with Crippen molar-refractivity contribution >= 4 is 10.8 Å². The maximum atomic E-state index is 9.06. The molecule has 2 N–H and O–H groups in total. The molecule has 18 heavy (non-hydrogen) atoms. The summed E-state index contributed by atoms with van der Waals surface area (Å²) in [6, 6.07) is 12.4. The SMILES string of the molecule is COc1ccc2ccccc2c1CN[C@H](C)CO. The highest BCUT2D eigenvalue weighted by Crippen LogP contribution is 2.27. The van der Waals surface area contributed by atoms with E-state index in [9.17, 15) is 0 Å². The summed E-state index contributed by atoms with van der Waals surface area (Å²) in [6.07, 6.45) is 0. The van der Waals surface area contributed by atoms with Gasteiger partial charge in [-0.1, -0.05) is 30.3 Å². The van der Waals surface area contributed by atoms with Gasteiger partial charge in [0.05, 0.1) is 13.7 Å². The number of ether oxygens (including phenoxy) is 1. The van der Waals surface area contributed by atoms with Gasteiger partial charge in [0.25, 0.3) is 0 Å². The predicted molar refractivity (Wildman–Crippen MR) is 73.9 cm³/mol. The molecular weight excluding hydrogens is 226 g/mol. The van der Waals surface area contributed by atoms with Gasteiger partial charge in [-0.05, 0) is 23.8 Å². The van der Waals surface area contributed by atoms with E-state index in [1.54, 1.807) is 7.11 Å². The van der Waals surface area contributed by atoms with Crippen LogP contribution in [0.1, 0.15) is 12.5 Å². The van der Waals surface area contributed by atoms with Crippen molar-refractivity contribution in [2.24, 2.45) is 0 Å². The molecule has 0 aromatic heterocycles. The fourth-order valence-electron chi connectivity index (χ4n) is 2.03. The number of aliphatic hydroxyl groups is 1. The van der Waals surface area contributed by atoms with Crippen LogP contribution in [0.3, 0.4) is 0 Å². The van der Waals surface area contributed by atoms with Gasteiger partial charge in [0.15, 0.2) is 0 Å². The minimum Gasteiger partial charge on any atom is -0.496 e. The number of hydrogen-bond acceptors (Lipinski definition) is 3. The third-order valence-corrected chi connectivity index (χ3v) is 3.12. The fourth-order valence-corrected chi connectivity index (χ4v) is 2.03. The highest BCUT2D eigenvalue weighted by atomic mass is 16.5. The molecule has 0 aliphatic carbocycles. The number of benzene rings is 2. The minimum absolute atomic E-state index is 0.0775. The van der Waals surface area contributed by atoms with Crippen LogP contribution in [0.4, 0.5) is 0 Å². The van der Waals surface area contributed by atoms with Crippen LogP contribution in [-0.2, 0) is 6.54 Å². The average Bonchev–Trinajstić information content (AvgIpc) is 2.44. The summed E-state index contributed by atoms with van der Waals surface area (Å²) in [6.45, 7) is 2.77. The van der Waals surface area contributed by atoms with E-state index >= 15 is 0 Å². The summed E-state index contributed by atoms with van der Waals surface area (Å²) in [5, 5.41) is 14.7. The summed E-state index contributed by atoms with van der Waals surface area (Å²) in [5.41, 5.74) is 1.14. The van der Waals surface area contributed by atoms with Crippen molar-refractivity contribution in [2.45, 2.75) is 19.5 Å². The monoisotopic (exact) mass is 245 g/mol. The summed E-state index contributed by atoms with van der Waals surface area (Å²) >= 11 is 0. The van der Waals surface area contributed by atoms with Gasteiger partial charge in [0, 0.05) is 18.2 Å². The van der Waals surface area contributed by atoms with E-state index in [1.807, 2.05) is 25.1 Å². The van der Waals surface area contributed by atoms with Crippen LogP contribution < -0.4 is 10.1 Å². The number of fused-ring (bicyclic) bond motifs is 1. The summed E-state index contributed by atoms with van der Waals surface area (Å²) in [4.78, 5) is 0. The lowest BCUT2D eigenvalue weighted by molar-refractivity contribution is 0.250. The molecule has 0 aliphatic rings. The predicted octanol–water partition coefficient (Wildman–Crippen LogP) is 2.32. The zero-order valence-corrected chi connectivity index (χ0v) is 10.8. The molecule has 0 fully saturated rings. The molecule has 0 saturated heterocycles. The Kier molecular flexibility index (Phi) is 4.18. The van der Waals surface area contributed by atoms with Crippen LogP contribution in [0.15, 0.2) is 36.4 Å². The van der Waals surface area contributed by atoms with Crippen molar-refractivity contribution in [3.8, 4) is 5.75 Å². The highest BCUT2D eigenvalue weighted by molar-refractivity contribution is 5.87. The van der Waals surface area contributed by atoms with Gasteiger partial charge >= 0.3 is 0 Å². The standard InChI is InChI=1S/C15H19NO2/c1-11(10-17)16-9-14-13-6-4-3-5-12(13)7-8-15(14)18-2/h3-8,11,16-17H,9-10H2,1-2H3/t11-/m1/s1. The molecule has 2 rings (SSSR count). The smallest absolute Gasteiger partial charge is 0.123 e. The Morgan fingerprint density at radius 1 is 1.22 bits per heavy atom. The van der Waals surface area contributed by atoms with Gasteiger partial charge in [0.2, 0.25) is 0 Å². The van der Waals surface area contributed by atoms with Crippen LogP contribution in [0, 0.1) is 0 Å². The first kappa shape index (κ1) is 12.9. The van der Waals surface area contributed by atoms with E-state index < -0.39 is 0 Å². The first-order valence-corrected chi connectivity index (χ1v) is 6.15. The summed E-state index contributed by atoms with van der Waals surface area (Å²) < 4.78 is 5.42. The van der Waals surface area contributed by atoms with Crippen molar-refractivity contribution in [1.29, 1.82) is 0 Å². The van der Waals surface area contributed by atoms with E-state index in [4.69, 9.17) is 9.84 Å². The minimum atomic E-state index is 0.0775. The Labute approximate surface area is 107 Å². The number of nitrogens with one attached hydrogen (secondary N) is 1. The maximum absolute atomic E-state index is 9.06. The maximum Gasteiger partial charge on any atom is 0.123 e. The molecule has 2 aromatic carbocycles. The lowest BCUT2D eigenvalue weighted by Crippen LogP contribution is -2.28. The molecule has 0 aliphatic heterocycles. The van der Waals surface area contributed by atoms with Crippen LogP contribution in [0.2, 0.25) is 0 Å². The molecule has 0 radical (unpaired) electrons. The lowest BCUT2D eigenvalue weighted by Gasteiger charge is -2.15. The summed E-state index contributed by atoms with van der Waals surface area (Å²) in [5.74, 6) is 0.881. The topological polar surface area (TPSA) is 41.5 Å². The van der Waals surface area contributed by atoms with E-state index in [-0.39, 0.29) is 12.6 Å². The second-order valence-corrected chi connectivity index (χ2v) is 4.43. The van der Waals surface area contributed by atoms with Crippen molar-refractivity contribution in [3.63, 3.8) is 0 Å². The van der Waals surface area contributed by atoms with Gasteiger partial charge < -0.3 is 15.2 Å². The van der Waals surface area contributed by atoms with E-state index in [2.05, 4.69) is 23.5 Å². The normalized spacial score (nSPS) is 12.6. The molecule has 3 nitrogen and oxygen atoms in total. The molecule has 96 valence electrons. The van der Waals surface area contributed by atoms with Crippen LogP contribution in [-0.4, -0.2) is 24.9 Å². The Bertz CT molecular complexity index is 525. The molecule has 0 saturated carbocycles. The van der Waals surface area contributed by atoms with E-state index in [0.717, 1.165) is 11.3 Å². The van der Waals surface area contributed by atoms with Gasteiger partial charge in [-0.25, -0.2) is 0 Å². The van der Waals surface area contributed by atoms with Crippen LogP contribution in [0.25, 0.3) is 10.8 Å². The molecule has 0 heterocycles. The highest BCUT2D eigenvalue weighted by Gasteiger charge is 2.09. The number of hydrogen-bond donors (Lipinski definition) is 2. The third kappa shape index (κ3) is 2.63. The molecule has 0 bridgehead atoms. The van der Waals surface area contributed by atoms with Gasteiger partial charge in [0.1, 0.15) is 5.75 Å². The number of methoxy groups -OCH3 is 1. The van der Waals surface area contributed by atoms with E-state index in [1.165, 1.54) is 10.8 Å². The van der Waals surface area contributed by atoms with Gasteiger partial charge in [-0.3, -0.25) is 0 Å². The Morgan fingerprint density at radius 2 is 2.00 bits per heavy atom. The molecule has 0 spiro atoms. The van der Waals surface area contributed by atoms with Crippen molar-refractivity contribution in [3.05, 3.63) is 42.0 Å². The van der Waals surface area contributed by atoms with Crippen molar-refractivity contribution < 1.29 is 9.84 Å². The van der Waals surface area contributed by atoms with E-state index in [0.29, 0.717) is 6.54 Å². The molecule has 2 aromatic rings. The zero-order valence-electron chi connectivity index (χ0n) is 10.8. The quantitative estimate of drug-likeness (QED) is 0.849. The van der Waals surface area contributed by atoms with Gasteiger partial charge in [-0.2, -0.15) is 0 Å². The first-order chi connectivity index (χ1) is 8.76. The van der Waals surface area contributed by atoms with Crippen LogP contribution >= 0.6 is 0 Å². The second kappa shape index (κ2) is 5.85. The molecular formula is C15H19NO2. The molecule has 3 heteroatoms. The summed E-state index contributed by atoms with van der Waals surface area (Å²) in [7, 11) is 1.68. The number of rotatable bonds is 5. The second-order valence-electron chi connectivity index (χ2n) is 4.43. The van der Waals surface area contributed by atoms with Gasteiger partial charge in [-0.15, -0.1) is 0 Å². The molecule has 0 amide bonds.